The molecule has 0 aliphatic rings. The van der Waals surface area contributed by atoms with Crippen molar-refractivity contribution >= 4 is 0 Å². The third-order valence-corrected chi connectivity index (χ3v) is 3.07. The molecule has 3 heteroatoms. The van der Waals surface area contributed by atoms with Crippen LogP contribution in [-0.4, -0.2) is 12.2 Å². The summed E-state index contributed by atoms with van der Waals surface area (Å²) in [5.41, 5.74) is 5.54. The minimum absolute atomic E-state index is 0. The van der Waals surface area contributed by atoms with Gasteiger partial charge >= 0.3 is 0 Å². The molecule has 0 saturated heterocycles. The summed E-state index contributed by atoms with van der Waals surface area (Å²) < 4.78 is 5.36. The summed E-state index contributed by atoms with van der Waals surface area (Å²) in [5.74, 6) is 0.942. The standard InChI is InChI=1S/C12H18O2.Y/c1-7-9(3)12(14-5)10(4)8(2)11(7)6-13;/h13H,6H2,1-5H3;. The Bertz CT molecular complexity index is 295. The number of aliphatic hydroxyl groups is 1. The Morgan fingerprint density at radius 1 is 0.933 bits per heavy atom. The first-order chi connectivity index (χ1) is 6.54. The Hall–Kier alpha value is 0.0839. The Balaban J connectivity index is 0.00000196. The van der Waals surface area contributed by atoms with Gasteiger partial charge in [-0.15, -0.1) is 0 Å². The fourth-order valence-electron chi connectivity index (χ4n) is 1.90. The van der Waals surface area contributed by atoms with E-state index in [4.69, 9.17) is 4.74 Å². The van der Waals surface area contributed by atoms with Gasteiger partial charge in [-0.2, -0.15) is 0 Å². The van der Waals surface area contributed by atoms with Crippen LogP contribution in [0.3, 0.4) is 0 Å². The minimum Gasteiger partial charge on any atom is -0.496 e. The van der Waals surface area contributed by atoms with Crippen LogP contribution in [0.1, 0.15) is 27.8 Å². The van der Waals surface area contributed by atoms with Gasteiger partial charge in [0, 0.05) is 32.7 Å². The van der Waals surface area contributed by atoms with Crippen LogP contribution in [0, 0.1) is 27.7 Å². The van der Waals surface area contributed by atoms with Crippen molar-refractivity contribution < 1.29 is 42.6 Å². The molecule has 1 N–H and O–H groups in total. The van der Waals surface area contributed by atoms with E-state index in [9.17, 15) is 5.11 Å². The fraction of sp³-hybridized carbons (Fsp3) is 0.500. The Labute approximate surface area is 117 Å². The summed E-state index contributed by atoms with van der Waals surface area (Å²) in [7, 11) is 1.69. The van der Waals surface area contributed by atoms with Crippen LogP contribution >= 0.6 is 0 Å². The number of aliphatic hydroxyl groups excluding tert-OH is 1. The normalized spacial score (nSPS) is 9.73. The maximum absolute atomic E-state index is 9.27. The summed E-state index contributed by atoms with van der Waals surface area (Å²) in [6.45, 7) is 8.20. The fourth-order valence-corrected chi connectivity index (χ4v) is 1.90. The van der Waals surface area contributed by atoms with Gasteiger partial charge < -0.3 is 9.84 Å². The number of ether oxygens (including phenoxy) is 1. The number of benzene rings is 1. The third kappa shape index (κ3) is 2.61. The number of methoxy groups -OCH3 is 1. The molecule has 1 aromatic carbocycles. The average Bonchev–Trinajstić information content (AvgIpc) is 2.17. The van der Waals surface area contributed by atoms with E-state index in [1.165, 1.54) is 0 Å². The van der Waals surface area contributed by atoms with E-state index in [1.807, 2.05) is 27.7 Å². The molecule has 0 amide bonds. The van der Waals surface area contributed by atoms with E-state index < -0.39 is 0 Å². The van der Waals surface area contributed by atoms with E-state index in [0.717, 1.165) is 33.6 Å². The minimum atomic E-state index is 0. The van der Waals surface area contributed by atoms with Gasteiger partial charge in [0.1, 0.15) is 5.75 Å². The van der Waals surface area contributed by atoms with Gasteiger partial charge in [0.15, 0.2) is 0 Å². The van der Waals surface area contributed by atoms with Crippen molar-refractivity contribution in [1.82, 2.24) is 0 Å². The van der Waals surface area contributed by atoms with Gasteiger partial charge in [-0.1, -0.05) is 0 Å². The number of hydrogen-bond acceptors (Lipinski definition) is 2. The van der Waals surface area contributed by atoms with E-state index in [2.05, 4.69) is 0 Å². The van der Waals surface area contributed by atoms with Crippen molar-refractivity contribution in [3.8, 4) is 5.75 Å². The Kier molecular flexibility index (Phi) is 6.01. The number of rotatable bonds is 2. The van der Waals surface area contributed by atoms with Gasteiger partial charge in [0.25, 0.3) is 0 Å². The summed E-state index contributed by atoms with van der Waals surface area (Å²) in [5, 5.41) is 9.27. The Morgan fingerprint density at radius 2 is 1.33 bits per heavy atom. The molecule has 81 valence electrons. The summed E-state index contributed by atoms with van der Waals surface area (Å²) in [6, 6.07) is 0. The molecular weight excluding hydrogens is 265 g/mol. The zero-order valence-electron chi connectivity index (χ0n) is 10.1. The predicted octanol–water partition coefficient (Wildman–Crippen LogP) is 2.42. The molecular formula is C12H18O2Y. The van der Waals surface area contributed by atoms with Gasteiger partial charge in [0.05, 0.1) is 13.7 Å². The molecule has 1 rings (SSSR count). The van der Waals surface area contributed by atoms with Crippen molar-refractivity contribution in [2.45, 2.75) is 34.3 Å². The molecule has 0 spiro atoms. The predicted molar refractivity (Wildman–Crippen MR) is 57.9 cm³/mol. The second-order valence-electron chi connectivity index (χ2n) is 3.67. The van der Waals surface area contributed by atoms with Gasteiger partial charge in [-0.25, -0.2) is 0 Å². The van der Waals surface area contributed by atoms with Crippen LogP contribution in [0.2, 0.25) is 0 Å². The van der Waals surface area contributed by atoms with Crippen molar-refractivity contribution in [3.05, 3.63) is 27.8 Å². The van der Waals surface area contributed by atoms with E-state index in [1.54, 1.807) is 7.11 Å². The van der Waals surface area contributed by atoms with Crippen molar-refractivity contribution in [2.75, 3.05) is 7.11 Å². The molecule has 15 heavy (non-hydrogen) atoms. The van der Waals surface area contributed by atoms with Crippen LogP contribution in [0.5, 0.6) is 5.75 Å². The molecule has 1 aromatic rings. The summed E-state index contributed by atoms with van der Waals surface area (Å²) >= 11 is 0. The molecule has 1 radical (unpaired) electrons. The second kappa shape index (κ2) is 5.98. The molecule has 2 nitrogen and oxygen atoms in total. The topological polar surface area (TPSA) is 29.5 Å². The van der Waals surface area contributed by atoms with Crippen molar-refractivity contribution in [2.24, 2.45) is 0 Å². The molecule has 0 aromatic heterocycles. The first-order valence-corrected chi connectivity index (χ1v) is 4.78. The molecule has 0 unspecified atom stereocenters. The van der Waals surface area contributed by atoms with Crippen molar-refractivity contribution in [1.29, 1.82) is 0 Å². The van der Waals surface area contributed by atoms with Crippen LogP contribution in [0.25, 0.3) is 0 Å². The molecule has 0 heterocycles. The Morgan fingerprint density at radius 3 is 1.60 bits per heavy atom. The van der Waals surface area contributed by atoms with Crippen LogP contribution < -0.4 is 4.74 Å². The van der Waals surface area contributed by atoms with Crippen LogP contribution in [0.15, 0.2) is 0 Å². The maximum Gasteiger partial charge on any atom is 0.125 e. The van der Waals surface area contributed by atoms with E-state index in [-0.39, 0.29) is 39.3 Å². The van der Waals surface area contributed by atoms with Gasteiger partial charge in [-0.05, 0) is 55.5 Å². The first-order valence-electron chi connectivity index (χ1n) is 4.78. The number of hydrogen-bond donors (Lipinski definition) is 1. The average molecular weight is 283 g/mol. The van der Waals surface area contributed by atoms with Gasteiger partial charge in [0.2, 0.25) is 0 Å². The zero-order valence-corrected chi connectivity index (χ0v) is 13.0. The molecule has 0 aliphatic carbocycles. The molecule has 0 atom stereocenters. The molecule has 0 aliphatic heterocycles. The quantitative estimate of drug-likeness (QED) is 0.903. The van der Waals surface area contributed by atoms with Crippen LogP contribution in [-0.2, 0) is 39.3 Å². The van der Waals surface area contributed by atoms with E-state index in [0.29, 0.717) is 0 Å². The first kappa shape index (κ1) is 15.1. The smallest absolute Gasteiger partial charge is 0.125 e. The zero-order chi connectivity index (χ0) is 10.9. The van der Waals surface area contributed by atoms with E-state index >= 15 is 0 Å². The summed E-state index contributed by atoms with van der Waals surface area (Å²) in [6.07, 6.45) is 0. The molecule has 0 saturated carbocycles. The third-order valence-electron chi connectivity index (χ3n) is 3.07. The van der Waals surface area contributed by atoms with Crippen LogP contribution in [0.4, 0.5) is 0 Å². The van der Waals surface area contributed by atoms with Crippen molar-refractivity contribution in [3.63, 3.8) is 0 Å². The monoisotopic (exact) mass is 283 g/mol. The van der Waals surface area contributed by atoms with Gasteiger partial charge in [-0.3, -0.25) is 0 Å². The second-order valence-corrected chi connectivity index (χ2v) is 3.67. The largest absolute Gasteiger partial charge is 0.496 e. The summed E-state index contributed by atoms with van der Waals surface area (Å²) in [4.78, 5) is 0. The maximum atomic E-state index is 9.27. The molecule has 0 fully saturated rings. The molecule has 0 bridgehead atoms. The SMILES string of the molecule is COc1c(C)c(C)c(CO)c(C)c1C.[Y].